The second-order valence-corrected chi connectivity index (χ2v) is 4.97. The fourth-order valence-electron chi connectivity index (χ4n) is 0.981. The van der Waals surface area contributed by atoms with E-state index in [2.05, 4.69) is 17.5 Å². The summed E-state index contributed by atoms with van der Waals surface area (Å²) in [6, 6.07) is 5.31. The molecule has 0 aromatic heterocycles. The van der Waals surface area contributed by atoms with Crippen molar-refractivity contribution >= 4 is 38.8 Å². The van der Waals surface area contributed by atoms with Crippen LogP contribution in [0.25, 0.3) is 0 Å². The van der Waals surface area contributed by atoms with Crippen LogP contribution in [-0.2, 0) is 14.8 Å². The summed E-state index contributed by atoms with van der Waals surface area (Å²) in [5.41, 5.74) is 2.40. The van der Waals surface area contributed by atoms with Gasteiger partial charge in [0.15, 0.2) is 4.99 Å². The van der Waals surface area contributed by atoms with Gasteiger partial charge < -0.3 is 10.7 Å². The van der Waals surface area contributed by atoms with Gasteiger partial charge in [0.2, 0.25) is 10.0 Å². The van der Waals surface area contributed by atoms with Gasteiger partial charge in [0.1, 0.15) is 0 Å². The van der Waals surface area contributed by atoms with Crippen molar-refractivity contribution in [1.82, 2.24) is 5.43 Å². The van der Waals surface area contributed by atoms with Crippen molar-refractivity contribution in [3.63, 3.8) is 0 Å². The maximum absolute atomic E-state index is 11.3. The number of hydrazine groups is 1. The summed E-state index contributed by atoms with van der Waals surface area (Å²) < 4.78 is 21.9. The van der Waals surface area contributed by atoms with Crippen molar-refractivity contribution < 1.29 is 13.2 Å². The van der Waals surface area contributed by atoms with E-state index in [9.17, 15) is 13.2 Å². The Morgan fingerprint density at radius 1 is 1.24 bits per heavy atom. The lowest BCUT2D eigenvalue weighted by Gasteiger charge is -2.06. The van der Waals surface area contributed by atoms with Gasteiger partial charge in [-0.1, -0.05) is 12.2 Å². The van der Waals surface area contributed by atoms with Crippen LogP contribution in [0.3, 0.4) is 0 Å². The number of anilines is 1. The van der Waals surface area contributed by atoms with E-state index in [1.165, 1.54) is 24.3 Å². The van der Waals surface area contributed by atoms with Gasteiger partial charge in [-0.05, 0) is 24.3 Å². The number of hydrogen-bond donors (Lipinski definition) is 4. The zero-order chi connectivity index (χ0) is 13.1. The molecule has 0 aliphatic heterocycles. The lowest BCUT2D eigenvalue weighted by Crippen LogP contribution is -2.38. The summed E-state index contributed by atoms with van der Waals surface area (Å²) >= 11 is 4.60. The molecule has 0 atom stereocenters. The Labute approximate surface area is 103 Å². The molecule has 17 heavy (non-hydrogen) atoms. The van der Waals surface area contributed by atoms with Crippen LogP contribution in [0, 0.1) is 0 Å². The van der Waals surface area contributed by atoms with Crippen molar-refractivity contribution in [1.29, 1.82) is 0 Å². The van der Waals surface area contributed by atoms with Crippen LogP contribution in [0.1, 0.15) is 0 Å². The lowest BCUT2D eigenvalue weighted by atomic mass is 10.3. The van der Waals surface area contributed by atoms with Crippen molar-refractivity contribution in [3.8, 4) is 0 Å². The van der Waals surface area contributed by atoms with Crippen LogP contribution in [0.2, 0.25) is 0 Å². The van der Waals surface area contributed by atoms with Crippen molar-refractivity contribution in [2.45, 2.75) is 4.90 Å². The van der Waals surface area contributed by atoms with E-state index in [1.54, 1.807) is 0 Å². The lowest BCUT2D eigenvalue weighted by molar-refractivity contribution is -0.110. The molecule has 0 unspecified atom stereocenters. The molecule has 0 aliphatic rings. The van der Waals surface area contributed by atoms with Gasteiger partial charge in [-0.2, -0.15) is 0 Å². The number of primary sulfonamides is 1. The first-order valence-electron chi connectivity index (χ1n) is 4.29. The molecule has 0 aliphatic carbocycles. The SMILES string of the molecule is NNC(=S)C(=O)Nc1ccc(S(N)(=O)=O)cc1. The maximum atomic E-state index is 11.3. The largest absolute Gasteiger partial charge is 0.320 e. The molecule has 0 saturated carbocycles. The van der Waals surface area contributed by atoms with Crippen molar-refractivity contribution in [3.05, 3.63) is 24.3 Å². The highest BCUT2D eigenvalue weighted by Crippen LogP contribution is 2.12. The number of amides is 1. The fourth-order valence-corrected chi connectivity index (χ4v) is 1.55. The van der Waals surface area contributed by atoms with Gasteiger partial charge >= 0.3 is 0 Å². The number of rotatable bonds is 2. The van der Waals surface area contributed by atoms with Gasteiger partial charge in [0, 0.05) is 5.69 Å². The average molecular weight is 274 g/mol. The van der Waals surface area contributed by atoms with Crippen LogP contribution in [0.5, 0.6) is 0 Å². The third kappa shape index (κ3) is 3.75. The molecule has 0 radical (unpaired) electrons. The van der Waals surface area contributed by atoms with Crippen molar-refractivity contribution in [2.24, 2.45) is 11.0 Å². The minimum atomic E-state index is -3.74. The molecule has 1 amide bonds. The number of carbonyl (C=O) groups excluding carboxylic acids is 1. The molecule has 0 fully saturated rings. The van der Waals surface area contributed by atoms with Gasteiger partial charge in [-0.3, -0.25) is 4.79 Å². The van der Waals surface area contributed by atoms with Crippen LogP contribution in [-0.4, -0.2) is 19.3 Å². The molecule has 0 spiro atoms. The zero-order valence-corrected chi connectivity index (χ0v) is 10.1. The second kappa shape index (κ2) is 5.19. The monoisotopic (exact) mass is 274 g/mol. The normalized spacial score (nSPS) is 10.7. The van der Waals surface area contributed by atoms with Gasteiger partial charge in [0.25, 0.3) is 5.91 Å². The molecule has 92 valence electrons. The van der Waals surface area contributed by atoms with Gasteiger partial charge in [-0.25, -0.2) is 19.4 Å². The van der Waals surface area contributed by atoms with E-state index in [0.717, 1.165) is 0 Å². The van der Waals surface area contributed by atoms with Crippen LogP contribution in [0.4, 0.5) is 5.69 Å². The quantitative estimate of drug-likeness (QED) is 0.313. The van der Waals surface area contributed by atoms with E-state index in [-0.39, 0.29) is 9.88 Å². The van der Waals surface area contributed by atoms with Gasteiger partial charge in [-0.15, -0.1) is 0 Å². The summed E-state index contributed by atoms with van der Waals surface area (Å²) in [7, 11) is -3.74. The van der Waals surface area contributed by atoms with Crippen LogP contribution in [0.15, 0.2) is 29.2 Å². The minimum absolute atomic E-state index is 0.0463. The number of nitrogens with two attached hydrogens (primary N) is 2. The molecule has 1 aromatic carbocycles. The molecule has 1 rings (SSSR count). The predicted molar refractivity (Wildman–Crippen MR) is 66.4 cm³/mol. The molecule has 6 N–H and O–H groups in total. The number of nitrogens with one attached hydrogen (secondary N) is 2. The molecular weight excluding hydrogens is 264 g/mol. The summed E-state index contributed by atoms with van der Waals surface area (Å²) in [6.45, 7) is 0. The Kier molecular flexibility index (Phi) is 4.12. The Morgan fingerprint density at radius 2 is 1.76 bits per heavy atom. The topological polar surface area (TPSA) is 127 Å². The zero-order valence-electron chi connectivity index (χ0n) is 8.51. The molecule has 0 bridgehead atoms. The molecule has 1 aromatic rings. The van der Waals surface area contributed by atoms with Crippen LogP contribution < -0.4 is 21.7 Å². The Bertz CT molecular complexity index is 538. The molecular formula is C8H10N4O3S2. The molecule has 0 heterocycles. The molecule has 9 heteroatoms. The smallest absolute Gasteiger partial charge is 0.284 e. The second-order valence-electron chi connectivity index (χ2n) is 3.00. The number of carbonyl (C=O) groups is 1. The molecule has 0 saturated heterocycles. The van der Waals surface area contributed by atoms with E-state index >= 15 is 0 Å². The standard InChI is InChI=1S/C8H10N4O3S2/c9-12-8(16)7(13)11-5-1-3-6(4-2-5)17(10,14)15/h1-4H,9H2,(H,11,13)(H,12,16)(H2,10,14,15). The Balaban J connectivity index is 2.83. The Morgan fingerprint density at radius 3 is 2.18 bits per heavy atom. The number of benzene rings is 1. The number of thiocarbonyl (C=S) groups is 1. The first-order chi connectivity index (χ1) is 7.84. The highest BCUT2D eigenvalue weighted by atomic mass is 32.2. The predicted octanol–water partition coefficient (Wildman–Crippen LogP) is -0.937. The summed E-state index contributed by atoms with van der Waals surface area (Å²) in [6.07, 6.45) is 0. The minimum Gasteiger partial charge on any atom is -0.320 e. The summed E-state index contributed by atoms with van der Waals surface area (Å²) in [4.78, 5) is 11.1. The number of hydrogen-bond acceptors (Lipinski definition) is 5. The van der Waals surface area contributed by atoms with E-state index in [1.807, 2.05) is 5.43 Å². The summed E-state index contributed by atoms with van der Waals surface area (Å²) in [5.74, 6) is 4.37. The third-order valence-corrected chi connectivity index (χ3v) is 3.01. The average Bonchev–Trinajstić information content (AvgIpc) is 2.27. The fraction of sp³-hybridized carbons (Fsp3) is 0. The van der Waals surface area contributed by atoms with Gasteiger partial charge in [0.05, 0.1) is 4.90 Å². The number of sulfonamides is 1. The highest BCUT2D eigenvalue weighted by Gasteiger charge is 2.09. The van der Waals surface area contributed by atoms with E-state index in [0.29, 0.717) is 5.69 Å². The first kappa shape index (κ1) is 13.5. The third-order valence-electron chi connectivity index (χ3n) is 1.78. The first-order valence-corrected chi connectivity index (χ1v) is 6.25. The van der Waals surface area contributed by atoms with E-state index in [4.69, 9.17) is 11.0 Å². The summed E-state index contributed by atoms with van der Waals surface area (Å²) in [5, 5.41) is 7.33. The maximum Gasteiger partial charge on any atom is 0.284 e. The highest BCUT2D eigenvalue weighted by molar-refractivity contribution is 7.89. The van der Waals surface area contributed by atoms with E-state index < -0.39 is 15.9 Å². The Hall–Kier alpha value is -1.55. The molecule has 7 nitrogen and oxygen atoms in total. The van der Waals surface area contributed by atoms with Crippen LogP contribution >= 0.6 is 12.2 Å². The van der Waals surface area contributed by atoms with Crippen molar-refractivity contribution in [2.75, 3.05) is 5.32 Å².